The Morgan fingerprint density at radius 3 is 2.38 bits per heavy atom. The first-order valence-electron chi connectivity index (χ1n) is 5.06. The molecule has 2 N–H and O–H groups in total. The van der Waals surface area contributed by atoms with E-state index in [9.17, 15) is 18.0 Å². The van der Waals surface area contributed by atoms with Crippen LogP contribution in [0.4, 0.5) is 0 Å². The highest BCUT2D eigenvalue weighted by Crippen LogP contribution is 2.18. The molecule has 7 heteroatoms. The van der Waals surface area contributed by atoms with Crippen molar-refractivity contribution in [3.63, 3.8) is 0 Å². The summed E-state index contributed by atoms with van der Waals surface area (Å²) in [6.45, 7) is 1.12. The first kappa shape index (κ1) is 13.0. The van der Waals surface area contributed by atoms with Gasteiger partial charge in [-0.15, -0.1) is 0 Å². The Morgan fingerprint density at radius 1 is 1.38 bits per heavy atom. The monoisotopic (exact) mass is 248 g/mol. The lowest BCUT2D eigenvalue weighted by molar-refractivity contribution is -0.125. The van der Waals surface area contributed by atoms with Gasteiger partial charge in [0, 0.05) is 12.3 Å². The predicted octanol–water partition coefficient (Wildman–Crippen LogP) is -1.19. The molecule has 1 saturated carbocycles. The third-order valence-electron chi connectivity index (χ3n) is 2.38. The Morgan fingerprint density at radius 2 is 1.94 bits per heavy atom. The maximum atomic E-state index is 11.3. The molecule has 0 aromatic heterocycles. The topological polar surface area (TPSA) is 92.3 Å². The van der Waals surface area contributed by atoms with Gasteiger partial charge < -0.3 is 10.6 Å². The molecule has 16 heavy (non-hydrogen) atoms. The third-order valence-corrected chi connectivity index (χ3v) is 3.88. The van der Waals surface area contributed by atoms with Crippen LogP contribution >= 0.6 is 0 Å². The van der Waals surface area contributed by atoms with Gasteiger partial charge in [0.2, 0.25) is 11.8 Å². The van der Waals surface area contributed by atoms with E-state index in [1.54, 1.807) is 0 Å². The fraction of sp³-hybridized carbons (Fsp3) is 0.778. The Hall–Kier alpha value is -1.11. The summed E-state index contributed by atoms with van der Waals surface area (Å²) in [5.41, 5.74) is 0. The van der Waals surface area contributed by atoms with Crippen LogP contribution in [0.15, 0.2) is 0 Å². The van der Waals surface area contributed by atoms with Crippen molar-refractivity contribution in [2.45, 2.75) is 31.1 Å². The summed E-state index contributed by atoms with van der Waals surface area (Å²) in [4.78, 5) is 22.5. The van der Waals surface area contributed by atoms with Gasteiger partial charge in [0.05, 0.1) is 6.54 Å². The lowest BCUT2D eigenvalue weighted by Gasteiger charge is -2.10. The predicted molar refractivity (Wildman–Crippen MR) is 58.5 cm³/mol. The average molecular weight is 248 g/mol. The molecule has 0 aromatic carbocycles. The summed E-state index contributed by atoms with van der Waals surface area (Å²) in [5.74, 6) is -0.926. The van der Waals surface area contributed by atoms with Crippen molar-refractivity contribution < 1.29 is 18.0 Å². The van der Waals surface area contributed by atoms with Crippen LogP contribution in [0.1, 0.15) is 19.8 Å². The van der Waals surface area contributed by atoms with E-state index in [-0.39, 0.29) is 18.5 Å². The van der Waals surface area contributed by atoms with Crippen molar-refractivity contribution in [2.75, 3.05) is 12.8 Å². The van der Waals surface area contributed by atoms with Crippen LogP contribution in [-0.4, -0.2) is 44.3 Å². The Balaban J connectivity index is 2.31. The minimum Gasteiger partial charge on any atom is -0.352 e. The van der Waals surface area contributed by atoms with Gasteiger partial charge in [0.15, 0.2) is 9.84 Å². The highest BCUT2D eigenvalue weighted by Gasteiger charge is 2.25. The van der Waals surface area contributed by atoms with E-state index < -0.39 is 21.0 Å². The van der Waals surface area contributed by atoms with Gasteiger partial charge in [-0.25, -0.2) is 8.42 Å². The zero-order valence-electron chi connectivity index (χ0n) is 9.32. The summed E-state index contributed by atoms with van der Waals surface area (Å²) >= 11 is 0. The SMILES string of the molecule is C[C@H](C(=O)NCC(=O)NC1CC1)S(C)(=O)=O. The fourth-order valence-electron chi connectivity index (χ4n) is 1.01. The van der Waals surface area contributed by atoms with Gasteiger partial charge in [-0.05, 0) is 19.8 Å². The average Bonchev–Trinajstić information content (AvgIpc) is 2.95. The number of hydrogen-bond acceptors (Lipinski definition) is 4. The number of rotatable bonds is 5. The van der Waals surface area contributed by atoms with Gasteiger partial charge >= 0.3 is 0 Å². The van der Waals surface area contributed by atoms with Gasteiger partial charge in [0.25, 0.3) is 0 Å². The van der Waals surface area contributed by atoms with Gasteiger partial charge in [-0.1, -0.05) is 0 Å². The van der Waals surface area contributed by atoms with Crippen LogP contribution in [0, 0.1) is 0 Å². The van der Waals surface area contributed by atoms with Crippen LogP contribution in [0.25, 0.3) is 0 Å². The van der Waals surface area contributed by atoms with Crippen LogP contribution < -0.4 is 10.6 Å². The molecule has 0 heterocycles. The van der Waals surface area contributed by atoms with Crippen molar-refractivity contribution in [3.8, 4) is 0 Å². The Kier molecular flexibility index (Phi) is 3.90. The summed E-state index contributed by atoms with van der Waals surface area (Å²) in [5, 5.41) is 3.85. The van der Waals surface area contributed by atoms with Gasteiger partial charge in [-0.2, -0.15) is 0 Å². The first-order chi connectivity index (χ1) is 7.30. The van der Waals surface area contributed by atoms with Crippen LogP contribution in [0.3, 0.4) is 0 Å². The molecule has 1 aliphatic rings. The second-order valence-corrected chi connectivity index (χ2v) is 6.40. The van der Waals surface area contributed by atoms with Gasteiger partial charge in [0.1, 0.15) is 5.25 Å². The molecule has 0 aliphatic heterocycles. The normalized spacial score (nSPS) is 17.6. The fourth-order valence-corrected chi connectivity index (χ4v) is 1.48. The summed E-state index contributed by atoms with van der Waals surface area (Å²) in [6, 6.07) is 0.233. The Bertz CT molecular complexity index is 386. The van der Waals surface area contributed by atoms with E-state index in [4.69, 9.17) is 0 Å². The number of nitrogens with one attached hydrogen (secondary N) is 2. The summed E-state index contributed by atoms with van der Waals surface area (Å²) in [7, 11) is -3.40. The Labute approximate surface area is 94.7 Å². The summed E-state index contributed by atoms with van der Waals surface area (Å²) in [6.07, 6.45) is 2.93. The number of sulfone groups is 1. The smallest absolute Gasteiger partial charge is 0.239 e. The molecule has 92 valence electrons. The molecular weight excluding hydrogens is 232 g/mol. The van der Waals surface area contributed by atoms with Crippen molar-refractivity contribution in [1.82, 2.24) is 10.6 Å². The van der Waals surface area contributed by atoms with E-state index in [1.165, 1.54) is 6.92 Å². The molecule has 6 nitrogen and oxygen atoms in total. The minimum absolute atomic E-state index is 0.171. The maximum absolute atomic E-state index is 11.3. The van der Waals surface area contributed by atoms with E-state index in [2.05, 4.69) is 10.6 Å². The molecular formula is C9H16N2O4S. The molecule has 1 aliphatic carbocycles. The molecule has 1 rings (SSSR count). The molecule has 1 atom stereocenters. The molecule has 0 spiro atoms. The van der Waals surface area contributed by atoms with Crippen molar-refractivity contribution in [1.29, 1.82) is 0 Å². The standard InChI is InChI=1S/C9H16N2O4S/c1-6(16(2,14)15)9(13)10-5-8(12)11-7-3-4-7/h6-7H,3-5H2,1-2H3,(H,10,13)(H,11,12)/t6-/m1/s1. The van der Waals surface area contributed by atoms with E-state index in [0.717, 1.165) is 19.1 Å². The highest BCUT2D eigenvalue weighted by molar-refractivity contribution is 7.92. The highest BCUT2D eigenvalue weighted by atomic mass is 32.2. The van der Waals surface area contributed by atoms with Gasteiger partial charge in [-0.3, -0.25) is 9.59 Å². The zero-order chi connectivity index (χ0) is 12.3. The quantitative estimate of drug-likeness (QED) is 0.640. The zero-order valence-corrected chi connectivity index (χ0v) is 10.1. The number of amides is 2. The van der Waals surface area contributed by atoms with Crippen molar-refractivity contribution in [2.24, 2.45) is 0 Å². The maximum Gasteiger partial charge on any atom is 0.239 e. The lowest BCUT2D eigenvalue weighted by Crippen LogP contribution is -2.43. The lowest BCUT2D eigenvalue weighted by atomic mass is 10.4. The molecule has 0 bridgehead atoms. The van der Waals surface area contributed by atoms with Crippen LogP contribution in [-0.2, 0) is 19.4 Å². The van der Waals surface area contributed by atoms with Crippen molar-refractivity contribution in [3.05, 3.63) is 0 Å². The number of hydrogen-bond donors (Lipinski definition) is 2. The first-order valence-corrected chi connectivity index (χ1v) is 7.02. The van der Waals surface area contributed by atoms with E-state index in [0.29, 0.717) is 0 Å². The molecule has 0 aromatic rings. The number of carbonyl (C=O) groups is 2. The molecule has 0 saturated heterocycles. The van der Waals surface area contributed by atoms with E-state index >= 15 is 0 Å². The summed E-state index contributed by atoms with van der Waals surface area (Å²) < 4.78 is 22.1. The third kappa shape index (κ3) is 4.18. The molecule has 2 amide bonds. The minimum atomic E-state index is -3.40. The van der Waals surface area contributed by atoms with Crippen LogP contribution in [0.2, 0.25) is 0 Å². The van der Waals surface area contributed by atoms with Crippen molar-refractivity contribution >= 4 is 21.7 Å². The largest absolute Gasteiger partial charge is 0.352 e. The molecule has 0 radical (unpaired) electrons. The second-order valence-electron chi connectivity index (χ2n) is 4.03. The molecule has 1 fully saturated rings. The second kappa shape index (κ2) is 4.82. The van der Waals surface area contributed by atoms with Crippen LogP contribution in [0.5, 0.6) is 0 Å². The van der Waals surface area contributed by atoms with E-state index in [1.807, 2.05) is 0 Å². The number of carbonyl (C=O) groups excluding carboxylic acids is 2. The molecule has 0 unspecified atom stereocenters.